The lowest BCUT2D eigenvalue weighted by Crippen LogP contribution is -2.49. The second kappa shape index (κ2) is 4.98. The third-order valence-electron chi connectivity index (χ3n) is 4.62. The molecule has 0 atom stereocenters. The number of hydrogen-bond acceptors (Lipinski definition) is 3. The van der Waals surface area contributed by atoms with Crippen LogP contribution >= 0.6 is 0 Å². The topological polar surface area (TPSA) is 33.2 Å². The lowest BCUT2D eigenvalue weighted by Gasteiger charge is -2.35. The molecule has 0 N–H and O–H groups in total. The lowest BCUT2D eigenvalue weighted by molar-refractivity contribution is 0.0695. The summed E-state index contributed by atoms with van der Waals surface area (Å²) < 4.78 is 0. The monoisotopic (exact) mass is 268 g/mol. The molecule has 104 valence electrons. The van der Waals surface area contributed by atoms with Crippen LogP contribution in [-0.4, -0.2) is 35.3 Å². The Morgan fingerprint density at radius 2 is 1.85 bits per heavy atom. The number of fused-ring (bicyclic) bond motifs is 1. The number of ketones is 1. The zero-order valence-corrected chi connectivity index (χ0v) is 12.1. The molecule has 1 saturated carbocycles. The van der Waals surface area contributed by atoms with Crippen LogP contribution in [0.4, 0.5) is 0 Å². The molecule has 0 saturated heterocycles. The average molecular weight is 268 g/mol. The van der Waals surface area contributed by atoms with Crippen molar-refractivity contribution in [3.8, 4) is 0 Å². The van der Waals surface area contributed by atoms with Gasteiger partial charge in [-0.15, -0.1) is 0 Å². The fourth-order valence-corrected chi connectivity index (χ4v) is 3.39. The van der Waals surface area contributed by atoms with Gasteiger partial charge in [-0.3, -0.25) is 14.7 Å². The van der Waals surface area contributed by atoms with E-state index in [-0.39, 0.29) is 11.3 Å². The van der Waals surface area contributed by atoms with E-state index in [0.717, 1.165) is 42.0 Å². The molecule has 3 heteroatoms. The number of nitrogens with zero attached hydrogens (tertiary/aromatic N) is 2. The second-order valence-corrected chi connectivity index (χ2v) is 5.87. The average Bonchev–Trinajstić information content (AvgIpc) is 2.97. The first-order chi connectivity index (χ1) is 9.65. The van der Waals surface area contributed by atoms with E-state index in [9.17, 15) is 4.79 Å². The Bertz CT molecular complexity index is 637. The van der Waals surface area contributed by atoms with Crippen LogP contribution in [0.1, 0.15) is 36.0 Å². The first-order valence-electron chi connectivity index (χ1n) is 7.20. The van der Waals surface area contributed by atoms with Gasteiger partial charge < -0.3 is 0 Å². The molecule has 0 unspecified atom stereocenters. The highest BCUT2D eigenvalue weighted by Crippen LogP contribution is 2.37. The predicted octanol–water partition coefficient (Wildman–Crippen LogP) is 3.29. The zero-order chi connectivity index (χ0) is 14.2. The molecule has 0 radical (unpaired) electrons. The Morgan fingerprint density at radius 1 is 1.15 bits per heavy atom. The summed E-state index contributed by atoms with van der Waals surface area (Å²) in [6.07, 6.45) is 7.70. The highest BCUT2D eigenvalue weighted by molar-refractivity contribution is 6.12. The van der Waals surface area contributed by atoms with E-state index < -0.39 is 0 Å². The fourth-order valence-electron chi connectivity index (χ4n) is 3.39. The summed E-state index contributed by atoms with van der Waals surface area (Å²) in [4.78, 5) is 19.5. The molecule has 1 heterocycles. The molecule has 0 bridgehead atoms. The molecule has 1 aromatic heterocycles. The van der Waals surface area contributed by atoms with Crippen molar-refractivity contribution in [3.05, 3.63) is 42.2 Å². The zero-order valence-electron chi connectivity index (χ0n) is 12.1. The van der Waals surface area contributed by atoms with Crippen molar-refractivity contribution in [1.29, 1.82) is 0 Å². The molecule has 1 fully saturated rings. The summed E-state index contributed by atoms with van der Waals surface area (Å²) in [6.45, 7) is 0. The lowest BCUT2D eigenvalue weighted by atomic mass is 9.85. The quantitative estimate of drug-likeness (QED) is 0.801. The number of carbonyl (C=O) groups is 1. The summed E-state index contributed by atoms with van der Waals surface area (Å²) in [5, 5.41) is 2.05. The van der Waals surface area contributed by atoms with Crippen molar-refractivity contribution in [2.75, 3.05) is 14.1 Å². The fraction of sp³-hybridized carbons (Fsp3) is 0.412. The van der Waals surface area contributed by atoms with Gasteiger partial charge in [-0.25, -0.2) is 0 Å². The van der Waals surface area contributed by atoms with Gasteiger partial charge in [-0.1, -0.05) is 37.1 Å². The van der Waals surface area contributed by atoms with Crippen LogP contribution in [0.15, 0.2) is 36.7 Å². The summed E-state index contributed by atoms with van der Waals surface area (Å²) in [5.41, 5.74) is 0.421. The summed E-state index contributed by atoms with van der Waals surface area (Å²) >= 11 is 0. The van der Waals surface area contributed by atoms with Gasteiger partial charge in [0.1, 0.15) is 0 Å². The number of benzene rings is 1. The number of hydrogen-bond donors (Lipinski definition) is 0. The maximum atomic E-state index is 13.1. The van der Waals surface area contributed by atoms with Gasteiger partial charge in [0.15, 0.2) is 5.78 Å². The SMILES string of the molecule is CN(C)C1(C(=O)c2cncc3ccccc23)CCCC1. The minimum Gasteiger partial charge on any atom is -0.297 e. The molecule has 1 aliphatic carbocycles. The third kappa shape index (κ3) is 1.93. The standard InChI is InChI=1S/C17H20N2O/c1-19(2)17(9-5-6-10-17)16(20)15-12-18-11-13-7-3-4-8-14(13)15/h3-4,7-8,11-12H,5-6,9-10H2,1-2H3. The molecule has 0 aliphatic heterocycles. The van der Waals surface area contributed by atoms with Gasteiger partial charge in [-0.05, 0) is 32.3 Å². The molecule has 1 aliphatic rings. The minimum atomic E-state index is -0.341. The number of aromatic nitrogens is 1. The first-order valence-corrected chi connectivity index (χ1v) is 7.20. The molecule has 0 amide bonds. The first kappa shape index (κ1) is 13.3. The van der Waals surface area contributed by atoms with Gasteiger partial charge >= 0.3 is 0 Å². The summed E-state index contributed by atoms with van der Waals surface area (Å²) in [6, 6.07) is 7.99. The van der Waals surface area contributed by atoms with Crippen molar-refractivity contribution < 1.29 is 4.79 Å². The van der Waals surface area contributed by atoms with Crippen molar-refractivity contribution in [1.82, 2.24) is 9.88 Å². The van der Waals surface area contributed by atoms with Crippen LogP contribution in [0.2, 0.25) is 0 Å². The number of pyridine rings is 1. The van der Waals surface area contributed by atoms with E-state index >= 15 is 0 Å². The smallest absolute Gasteiger partial charge is 0.185 e. The molecule has 2 aromatic rings. The van der Waals surface area contributed by atoms with E-state index in [4.69, 9.17) is 0 Å². The highest BCUT2D eigenvalue weighted by atomic mass is 16.1. The van der Waals surface area contributed by atoms with Gasteiger partial charge in [0.05, 0.1) is 5.54 Å². The minimum absolute atomic E-state index is 0.226. The van der Waals surface area contributed by atoms with E-state index in [1.807, 2.05) is 44.6 Å². The maximum absolute atomic E-state index is 13.1. The van der Waals surface area contributed by atoms with Gasteiger partial charge in [0.2, 0.25) is 0 Å². The molecule has 3 rings (SSSR count). The summed E-state index contributed by atoms with van der Waals surface area (Å²) in [7, 11) is 4.03. The van der Waals surface area contributed by atoms with Crippen LogP contribution in [0.3, 0.4) is 0 Å². The van der Waals surface area contributed by atoms with Gasteiger partial charge in [-0.2, -0.15) is 0 Å². The van der Waals surface area contributed by atoms with Crippen LogP contribution in [0.25, 0.3) is 10.8 Å². The van der Waals surface area contributed by atoms with E-state index in [2.05, 4.69) is 9.88 Å². The number of likely N-dealkylation sites (N-methyl/N-ethyl adjacent to an activating group) is 1. The molecular formula is C17H20N2O. The maximum Gasteiger partial charge on any atom is 0.185 e. The van der Waals surface area contributed by atoms with Gasteiger partial charge in [0, 0.05) is 23.3 Å². The Labute approximate surface area is 119 Å². The van der Waals surface area contributed by atoms with Crippen LogP contribution in [0, 0.1) is 0 Å². The predicted molar refractivity (Wildman–Crippen MR) is 81.0 cm³/mol. The van der Waals surface area contributed by atoms with E-state index in [1.165, 1.54) is 0 Å². The molecule has 0 spiro atoms. The Hall–Kier alpha value is -1.74. The Balaban J connectivity index is 2.13. The molecule has 1 aromatic carbocycles. The Morgan fingerprint density at radius 3 is 2.55 bits per heavy atom. The van der Waals surface area contributed by atoms with E-state index in [0.29, 0.717) is 0 Å². The van der Waals surface area contributed by atoms with Crippen molar-refractivity contribution in [2.24, 2.45) is 0 Å². The molecule has 20 heavy (non-hydrogen) atoms. The summed E-state index contributed by atoms with van der Waals surface area (Å²) in [5.74, 6) is 0.226. The number of Topliss-reactive ketones (excluding diaryl/α,β-unsaturated/α-hetero) is 1. The number of rotatable bonds is 3. The van der Waals surface area contributed by atoms with Gasteiger partial charge in [0.25, 0.3) is 0 Å². The highest BCUT2D eigenvalue weighted by Gasteiger charge is 2.43. The molecular weight excluding hydrogens is 248 g/mol. The largest absolute Gasteiger partial charge is 0.297 e. The third-order valence-corrected chi connectivity index (χ3v) is 4.62. The molecule has 3 nitrogen and oxygen atoms in total. The van der Waals surface area contributed by atoms with Crippen molar-refractivity contribution in [3.63, 3.8) is 0 Å². The van der Waals surface area contributed by atoms with Crippen LogP contribution in [0.5, 0.6) is 0 Å². The van der Waals surface area contributed by atoms with Crippen LogP contribution < -0.4 is 0 Å². The van der Waals surface area contributed by atoms with Crippen molar-refractivity contribution in [2.45, 2.75) is 31.2 Å². The Kier molecular flexibility index (Phi) is 3.30. The van der Waals surface area contributed by atoms with Crippen LogP contribution in [-0.2, 0) is 0 Å². The number of carbonyl (C=O) groups excluding carboxylic acids is 1. The normalized spacial score (nSPS) is 17.8. The second-order valence-electron chi connectivity index (χ2n) is 5.87. The van der Waals surface area contributed by atoms with Crippen molar-refractivity contribution >= 4 is 16.6 Å². The van der Waals surface area contributed by atoms with E-state index in [1.54, 1.807) is 6.20 Å².